The van der Waals surface area contributed by atoms with E-state index < -0.39 is 48.6 Å². The average Bonchev–Trinajstić information content (AvgIpc) is 3.11. The van der Waals surface area contributed by atoms with Crippen molar-refractivity contribution in [2.45, 2.75) is 91.6 Å². The lowest BCUT2D eigenvalue weighted by Gasteiger charge is -2.32. The highest BCUT2D eigenvalue weighted by Crippen LogP contribution is 2.44. The van der Waals surface area contributed by atoms with Crippen molar-refractivity contribution in [1.29, 1.82) is 0 Å². The van der Waals surface area contributed by atoms with E-state index in [1.54, 1.807) is 38.1 Å². The lowest BCUT2D eigenvalue weighted by atomic mass is 9.62. The van der Waals surface area contributed by atoms with Gasteiger partial charge in [-0.15, -0.1) is 0 Å². The summed E-state index contributed by atoms with van der Waals surface area (Å²) in [7, 11) is -2.00. The first-order valence-corrected chi connectivity index (χ1v) is 12.5. The maximum Gasteiger partial charge on any atom is 0.501 e. The predicted octanol–water partition coefficient (Wildman–Crippen LogP) is 4.44. The lowest BCUT2D eigenvalue weighted by Crippen LogP contribution is -2.41. The van der Waals surface area contributed by atoms with Crippen LogP contribution in [0.2, 0.25) is 0 Å². The summed E-state index contributed by atoms with van der Waals surface area (Å²) in [5.41, 5.74) is -1.38. The van der Waals surface area contributed by atoms with Gasteiger partial charge in [-0.05, 0) is 92.4 Å². The summed E-state index contributed by atoms with van der Waals surface area (Å²) in [6.45, 7) is 19.2. The molecule has 2 fully saturated rings. The molecule has 0 aromatic heterocycles. The molecule has 36 heavy (non-hydrogen) atoms. The molecule has 0 saturated carbocycles. The lowest BCUT2D eigenvalue weighted by molar-refractivity contribution is -0.137. The first-order chi connectivity index (χ1) is 16.6. The van der Waals surface area contributed by atoms with Crippen LogP contribution in [-0.4, -0.2) is 61.8 Å². The molecule has 0 spiro atoms. The summed E-state index contributed by atoms with van der Waals surface area (Å²) in [5, 5.41) is 0. The summed E-state index contributed by atoms with van der Waals surface area (Å²) in [6, 6.07) is 6.82. The number of benzene rings is 1. The third kappa shape index (κ3) is 5.28. The van der Waals surface area contributed by atoms with E-state index in [-0.39, 0.29) is 18.7 Å². The molecule has 2 aliphatic heterocycles. The fourth-order valence-corrected chi connectivity index (χ4v) is 3.91. The third-order valence-corrected chi connectivity index (χ3v) is 7.45. The molecule has 196 valence electrons. The van der Waals surface area contributed by atoms with Crippen molar-refractivity contribution in [2.75, 3.05) is 13.2 Å². The van der Waals surface area contributed by atoms with Gasteiger partial charge in [0.2, 0.25) is 0 Å². The van der Waals surface area contributed by atoms with E-state index in [4.69, 9.17) is 28.1 Å². The fraction of sp³-hybridized carbons (Fsp3) is 0.615. The molecular formula is C26H38B2O8. The molecular weight excluding hydrogens is 462 g/mol. The summed E-state index contributed by atoms with van der Waals surface area (Å²) >= 11 is 0. The Morgan fingerprint density at radius 1 is 0.722 bits per heavy atom. The molecule has 0 unspecified atom stereocenters. The van der Waals surface area contributed by atoms with Crippen molar-refractivity contribution in [3.63, 3.8) is 0 Å². The van der Waals surface area contributed by atoms with Gasteiger partial charge in [0.15, 0.2) is 0 Å². The maximum atomic E-state index is 13.5. The van der Waals surface area contributed by atoms with Crippen LogP contribution in [0.3, 0.4) is 0 Å². The van der Waals surface area contributed by atoms with E-state index in [9.17, 15) is 9.59 Å². The largest absolute Gasteiger partial charge is 0.501 e. The molecule has 0 atom stereocenters. The van der Waals surface area contributed by atoms with E-state index in [0.717, 1.165) is 0 Å². The highest BCUT2D eigenvalue weighted by Gasteiger charge is 2.58. The van der Waals surface area contributed by atoms with E-state index >= 15 is 0 Å². The normalized spacial score (nSPS) is 22.3. The molecule has 1 aromatic carbocycles. The number of carbonyl (C=O) groups is 2. The molecule has 2 saturated heterocycles. The van der Waals surface area contributed by atoms with Gasteiger partial charge in [-0.1, -0.05) is 12.1 Å². The summed E-state index contributed by atoms with van der Waals surface area (Å²) < 4.78 is 36.0. The van der Waals surface area contributed by atoms with Gasteiger partial charge >= 0.3 is 26.2 Å². The molecule has 0 amide bonds. The SMILES string of the molecule is CCOC(=O)/C(B1OC(C)(C)C(C)(C)O1)=C(\B1OC(C)(C)C(C)(C)O1)c1cccc(C(=O)OCC)c1. The highest BCUT2D eigenvalue weighted by molar-refractivity contribution is 6.77. The Hall–Kier alpha value is -2.13. The third-order valence-electron chi connectivity index (χ3n) is 7.45. The summed E-state index contributed by atoms with van der Waals surface area (Å²) in [4.78, 5) is 26.1. The Balaban J connectivity index is 2.28. The zero-order valence-corrected chi connectivity index (χ0v) is 23.1. The molecule has 0 N–H and O–H groups in total. The summed E-state index contributed by atoms with van der Waals surface area (Å²) in [6.07, 6.45) is 0. The van der Waals surface area contributed by atoms with E-state index in [1.807, 2.05) is 55.4 Å². The Labute approximate surface area is 215 Å². The number of hydrogen-bond donors (Lipinski definition) is 0. The van der Waals surface area contributed by atoms with Crippen LogP contribution in [0.25, 0.3) is 5.47 Å². The van der Waals surface area contributed by atoms with Crippen LogP contribution in [0, 0.1) is 0 Å². The predicted molar refractivity (Wildman–Crippen MR) is 138 cm³/mol. The Kier molecular flexibility index (Phi) is 7.88. The Bertz CT molecular complexity index is 1010. The minimum Gasteiger partial charge on any atom is -0.463 e. The van der Waals surface area contributed by atoms with Crippen LogP contribution in [0.1, 0.15) is 85.2 Å². The second kappa shape index (κ2) is 9.97. The maximum absolute atomic E-state index is 13.5. The van der Waals surface area contributed by atoms with Gasteiger partial charge in [0.25, 0.3) is 0 Å². The van der Waals surface area contributed by atoms with Gasteiger partial charge in [0.05, 0.1) is 46.7 Å². The second-order valence-corrected chi connectivity index (χ2v) is 11.0. The molecule has 2 aliphatic rings. The number of esters is 2. The molecule has 3 rings (SSSR count). The minimum absolute atomic E-state index is 0.134. The zero-order valence-electron chi connectivity index (χ0n) is 23.1. The monoisotopic (exact) mass is 500 g/mol. The van der Waals surface area contributed by atoms with Crippen LogP contribution >= 0.6 is 0 Å². The van der Waals surface area contributed by atoms with Crippen LogP contribution in [0.4, 0.5) is 0 Å². The highest BCUT2D eigenvalue weighted by atomic mass is 16.7. The zero-order chi connectivity index (χ0) is 27.1. The van der Waals surface area contributed by atoms with Gasteiger partial charge in [-0.25, -0.2) is 9.59 Å². The quantitative estimate of drug-likeness (QED) is 0.309. The van der Waals surface area contributed by atoms with Crippen LogP contribution in [0.5, 0.6) is 0 Å². The number of carbonyl (C=O) groups excluding carboxylic acids is 2. The Morgan fingerprint density at radius 2 is 1.17 bits per heavy atom. The van der Waals surface area contributed by atoms with Crippen molar-refractivity contribution in [1.82, 2.24) is 0 Å². The molecule has 8 nitrogen and oxygen atoms in total. The van der Waals surface area contributed by atoms with Crippen LogP contribution < -0.4 is 0 Å². The van der Waals surface area contributed by atoms with Crippen LogP contribution in [-0.2, 0) is 32.9 Å². The number of hydrogen-bond acceptors (Lipinski definition) is 8. The number of rotatable bonds is 7. The van der Waals surface area contributed by atoms with Crippen molar-refractivity contribution >= 4 is 31.6 Å². The van der Waals surface area contributed by atoms with Gasteiger partial charge in [-0.3, -0.25) is 0 Å². The topological polar surface area (TPSA) is 89.5 Å². The molecule has 0 radical (unpaired) electrons. The molecule has 0 aliphatic carbocycles. The van der Waals surface area contributed by atoms with Crippen molar-refractivity contribution in [3.8, 4) is 0 Å². The standard InChI is InChI=1S/C26H38B2O8/c1-11-31-21(29)18-15-13-14-17(16-18)19(27-33-23(3,4)24(5,6)34-27)20(22(30)32-12-2)28-35-25(7,8)26(9,10)36-28/h13-16H,11-12H2,1-10H3/b20-19+. The van der Waals surface area contributed by atoms with Gasteiger partial charge in [0.1, 0.15) is 0 Å². The second-order valence-electron chi connectivity index (χ2n) is 11.0. The van der Waals surface area contributed by atoms with E-state index in [2.05, 4.69) is 0 Å². The first kappa shape index (κ1) is 28.4. The summed E-state index contributed by atoms with van der Waals surface area (Å²) in [5.74, 6) is -1.08. The van der Waals surface area contributed by atoms with E-state index in [1.165, 1.54) is 0 Å². The smallest absolute Gasteiger partial charge is 0.463 e. The van der Waals surface area contributed by atoms with Gasteiger partial charge < -0.3 is 28.1 Å². The number of ether oxygens (including phenoxy) is 2. The minimum atomic E-state index is -1.05. The average molecular weight is 500 g/mol. The van der Waals surface area contributed by atoms with Crippen molar-refractivity contribution in [2.24, 2.45) is 0 Å². The van der Waals surface area contributed by atoms with Crippen LogP contribution in [0.15, 0.2) is 29.7 Å². The van der Waals surface area contributed by atoms with Crippen molar-refractivity contribution in [3.05, 3.63) is 40.9 Å². The first-order valence-electron chi connectivity index (χ1n) is 12.5. The fourth-order valence-electron chi connectivity index (χ4n) is 3.91. The Morgan fingerprint density at radius 3 is 1.64 bits per heavy atom. The van der Waals surface area contributed by atoms with E-state index in [0.29, 0.717) is 16.6 Å². The van der Waals surface area contributed by atoms with Gasteiger partial charge in [-0.2, -0.15) is 0 Å². The molecule has 1 aromatic rings. The van der Waals surface area contributed by atoms with Crippen molar-refractivity contribution < 1.29 is 37.7 Å². The molecule has 10 heteroatoms. The molecule has 0 bridgehead atoms. The van der Waals surface area contributed by atoms with Gasteiger partial charge in [0, 0.05) is 0 Å². The molecule has 2 heterocycles.